The van der Waals surface area contributed by atoms with Crippen LogP contribution in [0.15, 0.2) is 30.6 Å². The largest absolute Gasteiger partial charge is 0.354 e. The van der Waals surface area contributed by atoms with Gasteiger partial charge >= 0.3 is 0 Å². The molecule has 22 heavy (non-hydrogen) atoms. The second-order valence-electron chi connectivity index (χ2n) is 5.64. The second kappa shape index (κ2) is 7.22. The number of benzene rings is 1. The minimum atomic E-state index is -0.368. The molecule has 0 aliphatic carbocycles. The molecule has 2 aromatic rings. The van der Waals surface area contributed by atoms with Gasteiger partial charge in [0.25, 0.3) is 0 Å². The van der Waals surface area contributed by atoms with Crippen LogP contribution in [0.1, 0.15) is 28.3 Å². The highest BCUT2D eigenvalue weighted by Crippen LogP contribution is 2.12. The van der Waals surface area contributed by atoms with Crippen molar-refractivity contribution in [2.45, 2.75) is 26.3 Å². The number of hydrogen-bond donors (Lipinski definition) is 2. The average molecular weight is 300 g/mol. The molecule has 0 aliphatic heterocycles. The molecule has 5 heteroatoms. The van der Waals surface area contributed by atoms with Crippen LogP contribution < -0.4 is 10.6 Å². The standard InChI is InChI=1S/C17H24N4O/c1-12-5-6-14(13(2)9-12)7-8-19-17(22)16(18-3)15-10-20-21(4)11-15/h5-6,9-11,16,18H,7-8H2,1-4H3,(H,19,22). The molecular formula is C17H24N4O. The quantitative estimate of drug-likeness (QED) is 0.853. The molecular weight excluding hydrogens is 276 g/mol. The van der Waals surface area contributed by atoms with E-state index in [1.54, 1.807) is 17.9 Å². The van der Waals surface area contributed by atoms with Crippen molar-refractivity contribution in [1.82, 2.24) is 20.4 Å². The summed E-state index contributed by atoms with van der Waals surface area (Å²) in [6.07, 6.45) is 4.40. The van der Waals surface area contributed by atoms with Crippen LogP contribution in [0.2, 0.25) is 0 Å². The second-order valence-corrected chi connectivity index (χ2v) is 5.64. The Hall–Kier alpha value is -2.14. The fourth-order valence-corrected chi connectivity index (χ4v) is 2.59. The summed E-state index contributed by atoms with van der Waals surface area (Å²) in [6, 6.07) is 6.04. The van der Waals surface area contributed by atoms with E-state index in [0.717, 1.165) is 12.0 Å². The van der Waals surface area contributed by atoms with Gasteiger partial charge < -0.3 is 10.6 Å². The lowest BCUT2D eigenvalue weighted by molar-refractivity contribution is -0.123. The van der Waals surface area contributed by atoms with Gasteiger partial charge in [0.15, 0.2) is 0 Å². The molecule has 0 fully saturated rings. The Morgan fingerprint density at radius 3 is 2.73 bits per heavy atom. The first-order chi connectivity index (χ1) is 10.5. The Balaban J connectivity index is 1.91. The van der Waals surface area contributed by atoms with Crippen molar-refractivity contribution in [3.8, 4) is 0 Å². The zero-order valence-electron chi connectivity index (χ0n) is 13.7. The Bertz CT molecular complexity index is 648. The Labute approximate surface area is 131 Å². The first-order valence-electron chi connectivity index (χ1n) is 7.51. The summed E-state index contributed by atoms with van der Waals surface area (Å²) in [4.78, 5) is 12.3. The highest BCUT2D eigenvalue weighted by atomic mass is 16.2. The van der Waals surface area contributed by atoms with Crippen molar-refractivity contribution in [3.05, 3.63) is 52.8 Å². The molecule has 1 unspecified atom stereocenters. The van der Waals surface area contributed by atoms with E-state index in [2.05, 4.69) is 47.8 Å². The molecule has 5 nitrogen and oxygen atoms in total. The maximum absolute atomic E-state index is 12.3. The number of rotatable bonds is 6. The van der Waals surface area contributed by atoms with Crippen LogP contribution in [0.25, 0.3) is 0 Å². The molecule has 2 rings (SSSR count). The van der Waals surface area contributed by atoms with E-state index in [0.29, 0.717) is 6.54 Å². The number of nitrogens with zero attached hydrogens (tertiary/aromatic N) is 2. The van der Waals surface area contributed by atoms with Gasteiger partial charge in [-0.3, -0.25) is 9.48 Å². The lowest BCUT2D eigenvalue weighted by Gasteiger charge is -2.15. The third kappa shape index (κ3) is 3.95. The van der Waals surface area contributed by atoms with Gasteiger partial charge in [-0.1, -0.05) is 23.8 Å². The summed E-state index contributed by atoms with van der Waals surface area (Å²) < 4.78 is 1.70. The predicted molar refractivity (Wildman–Crippen MR) is 87.6 cm³/mol. The summed E-state index contributed by atoms with van der Waals surface area (Å²) in [7, 11) is 3.62. The number of aromatic nitrogens is 2. The van der Waals surface area contributed by atoms with E-state index in [4.69, 9.17) is 0 Å². The van der Waals surface area contributed by atoms with Crippen LogP contribution in [0.5, 0.6) is 0 Å². The smallest absolute Gasteiger partial charge is 0.241 e. The van der Waals surface area contributed by atoms with Gasteiger partial charge in [-0.05, 0) is 38.4 Å². The molecule has 0 spiro atoms. The zero-order chi connectivity index (χ0) is 16.1. The van der Waals surface area contributed by atoms with E-state index in [1.165, 1.54) is 16.7 Å². The molecule has 118 valence electrons. The molecule has 0 saturated heterocycles. The van der Waals surface area contributed by atoms with Crippen molar-refractivity contribution >= 4 is 5.91 Å². The van der Waals surface area contributed by atoms with Crippen molar-refractivity contribution in [2.75, 3.05) is 13.6 Å². The molecule has 0 aliphatic rings. The minimum absolute atomic E-state index is 0.0275. The molecule has 1 aromatic carbocycles. The maximum atomic E-state index is 12.3. The first kappa shape index (κ1) is 16.2. The van der Waals surface area contributed by atoms with E-state index >= 15 is 0 Å². The van der Waals surface area contributed by atoms with Gasteiger partial charge in [-0.15, -0.1) is 0 Å². The fraction of sp³-hybridized carbons (Fsp3) is 0.412. The Morgan fingerprint density at radius 2 is 2.14 bits per heavy atom. The lowest BCUT2D eigenvalue weighted by Crippen LogP contribution is -2.36. The summed E-state index contributed by atoms with van der Waals surface area (Å²) >= 11 is 0. The number of carbonyl (C=O) groups is 1. The first-order valence-corrected chi connectivity index (χ1v) is 7.51. The van der Waals surface area contributed by atoms with Crippen LogP contribution in [0, 0.1) is 13.8 Å². The highest BCUT2D eigenvalue weighted by Gasteiger charge is 2.19. The van der Waals surface area contributed by atoms with E-state index in [1.807, 2.05) is 13.2 Å². The van der Waals surface area contributed by atoms with Crippen LogP contribution in [-0.4, -0.2) is 29.3 Å². The third-order valence-corrected chi connectivity index (χ3v) is 3.80. The van der Waals surface area contributed by atoms with Crippen molar-refractivity contribution in [3.63, 3.8) is 0 Å². The van der Waals surface area contributed by atoms with Crippen LogP contribution in [0.4, 0.5) is 0 Å². The van der Waals surface area contributed by atoms with Crippen molar-refractivity contribution < 1.29 is 4.79 Å². The summed E-state index contributed by atoms with van der Waals surface area (Å²) in [6.45, 7) is 4.82. The van der Waals surface area contributed by atoms with E-state index in [-0.39, 0.29) is 11.9 Å². The molecule has 0 bridgehead atoms. The number of likely N-dealkylation sites (N-methyl/N-ethyl adjacent to an activating group) is 1. The van der Waals surface area contributed by atoms with Gasteiger partial charge in [0.1, 0.15) is 6.04 Å². The van der Waals surface area contributed by atoms with Crippen molar-refractivity contribution in [2.24, 2.45) is 7.05 Å². The van der Waals surface area contributed by atoms with Gasteiger partial charge in [-0.2, -0.15) is 5.10 Å². The molecule has 0 radical (unpaired) electrons. The third-order valence-electron chi connectivity index (χ3n) is 3.80. The Morgan fingerprint density at radius 1 is 1.36 bits per heavy atom. The SMILES string of the molecule is CNC(C(=O)NCCc1ccc(C)cc1C)c1cnn(C)c1. The predicted octanol–water partition coefficient (Wildman–Crippen LogP) is 1.66. The Kier molecular flexibility index (Phi) is 5.33. The minimum Gasteiger partial charge on any atom is -0.354 e. The number of hydrogen-bond acceptors (Lipinski definition) is 3. The molecule has 2 N–H and O–H groups in total. The zero-order valence-corrected chi connectivity index (χ0v) is 13.7. The molecule has 0 saturated carbocycles. The topological polar surface area (TPSA) is 59.0 Å². The number of nitrogens with one attached hydrogen (secondary N) is 2. The lowest BCUT2D eigenvalue weighted by atomic mass is 10.0. The number of amides is 1. The molecule has 1 amide bonds. The number of carbonyl (C=O) groups excluding carboxylic acids is 1. The van der Waals surface area contributed by atoms with Crippen LogP contribution >= 0.6 is 0 Å². The summed E-state index contributed by atoms with van der Waals surface area (Å²) in [5.41, 5.74) is 4.67. The monoisotopic (exact) mass is 300 g/mol. The van der Waals surface area contributed by atoms with Crippen molar-refractivity contribution in [1.29, 1.82) is 0 Å². The fourth-order valence-electron chi connectivity index (χ4n) is 2.59. The summed E-state index contributed by atoms with van der Waals surface area (Å²) in [5.74, 6) is -0.0275. The van der Waals surface area contributed by atoms with Gasteiger partial charge in [-0.25, -0.2) is 0 Å². The van der Waals surface area contributed by atoms with Crippen LogP contribution in [-0.2, 0) is 18.3 Å². The van der Waals surface area contributed by atoms with E-state index < -0.39 is 0 Å². The maximum Gasteiger partial charge on any atom is 0.241 e. The van der Waals surface area contributed by atoms with E-state index in [9.17, 15) is 4.79 Å². The van der Waals surface area contributed by atoms with Gasteiger partial charge in [0.05, 0.1) is 6.20 Å². The molecule has 1 heterocycles. The highest BCUT2D eigenvalue weighted by molar-refractivity contribution is 5.83. The molecule has 1 atom stereocenters. The average Bonchev–Trinajstić information content (AvgIpc) is 2.88. The van der Waals surface area contributed by atoms with Gasteiger partial charge in [0.2, 0.25) is 5.91 Å². The number of aryl methyl sites for hydroxylation is 3. The van der Waals surface area contributed by atoms with Crippen LogP contribution in [0.3, 0.4) is 0 Å². The normalized spacial score (nSPS) is 12.2. The molecule has 1 aromatic heterocycles. The summed E-state index contributed by atoms with van der Waals surface area (Å²) in [5, 5.41) is 10.1. The van der Waals surface area contributed by atoms with Gasteiger partial charge in [0, 0.05) is 25.4 Å².